The van der Waals surface area contributed by atoms with Gasteiger partial charge >= 0.3 is 0 Å². The van der Waals surface area contributed by atoms with Gasteiger partial charge in [0.05, 0.1) is 0 Å². The lowest BCUT2D eigenvalue weighted by molar-refractivity contribution is -0.141. The van der Waals surface area contributed by atoms with Gasteiger partial charge in [-0.25, -0.2) is 0 Å². The fourth-order valence-corrected chi connectivity index (χ4v) is 4.59. The monoisotopic (exact) mass is 548 g/mol. The molecule has 5 heteroatoms. The second-order valence-corrected chi connectivity index (χ2v) is 10.6. The van der Waals surface area contributed by atoms with Crippen molar-refractivity contribution in [3.8, 4) is 0 Å². The summed E-state index contributed by atoms with van der Waals surface area (Å²) in [4.78, 5) is 29.0. The van der Waals surface area contributed by atoms with Gasteiger partial charge in [0, 0.05) is 30.4 Å². The molecule has 0 fully saturated rings. The topological polar surface area (TPSA) is 49.4 Å². The molecular weight excluding hydrogens is 512 g/mol. The van der Waals surface area contributed by atoms with Gasteiger partial charge in [-0.1, -0.05) is 103 Å². The molecule has 3 aromatic rings. The minimum Gasteiger partial charge on any atom is -0.354 e. The lowest BCUT2D eigenvalue weighted by atomic mass is 10.0. The molecule has 0 heterocycles. The van der Waals surface area contributed by atoms with Gasteiger partial charge in [0.2, 0.25) is 11.8 Å². The molecule has 0 spiro atoms. The fourth-order valence-electron chi connectivity index (χ4n) is 4.15. The molecule has 0 aliphatic rings. The molecule has 2 amide bonds. The van der Waals surface area contributed by atoms with Crippen LogP contribution in [-0.4, -0.2) is 29.3 Å². The number of nitrogens with one attached hydrogen (secondary N) is 1. The van der Waals surface area contributed by atoms with E-state index in [1.807, 2.05) is 54.6 Å². The maximum absolute atomic E-state index is 13.7. The molecule has 190 valence electrons. The van der Waals surface area contributed by atoms with Crippen LogP contribution in [0.1, 0.15) is 49.4 Å². The van der Waals surface area contributed by atoms with E-state index in [9.17, 15) is 9.59 Å². The van der Waals surface area contributed by atoms with Gasteiger partial charge in [0.15, 0.2) is 0 Å². The van der Waals surface area contributed by atoms with E-state index in [1.165, 1.54) is 5.56 Å². The van der Waals surface area contributed by atoms with Gasteiger partial charge in [0.1, 0.15) is 6.04 Å². The summed E-state index contributed by atoms with van der Waals surface area (Å²) in [6, 6.07) is 25.7. The highest BCUT2D eigenvalue weighted by molar-refractivity contribution is 9.10. The number of nitrogens with zero attached hydrogens (tertiary/aromatic N) is 1. The number of carbonyl (C=O) groups excluding carboxylic acids is 2. The molecule has 0 saturated carbocycles. The summed E-state index contributed by atoms with van der Waals surface area (Å²) in [7, 11) is 0. The van der Waals surface area contributed by atoms with Crippen LogP contribution in [0.5, 0.6) is 0 Å². The number of rotatable bonds is 12. The Morgan fingerprint density at radius 2 is 1.53 bits per heavy atom. The van der Waals surface area contributed by atoms with E-state index in [4.69, 9.17) is 0 Å². The third kappa shape index (κ3) is 8.63. The molecule has 0 aromatic heterocycles. The normalized spacial score (nSPS) is 11.8. The second-order valence-electron chi connectivity index (χ2n) is 9.67. The minimum absolute atomic E-state index is 0.0184. The Labute approximate surface area is 224 Å². The van der Waals surface area contributed by atoms with Crippen LogP contribution >= 0.6 is 15.9 Å². The molecule has 4 nitrogen and oxygen atoms in total. The summed E-state index contributed by atoms with van der Waals surface area (Å²) in [6.07, 6.45) is 2.45. The third-order valence-corrected chi connectivity index (χ3v) is 6.75. The molecular formula is C31H37BrN2O2. The summed E-state index contributed by atoms with van der Waals surface area (Å²) < 4.78 is 0.951. The van der Waals surface area contributed by atoms with Crippen LogP contribution in [0, 0.1) is 5.92 Å². The first-order chi connectivity index (χ1) is 17.4. The lowest BCUT2D eigenvalue weighted by Gasteiger charge is -2.32. The van der Waals surface area contributed by atoms with Crippen molar-refractivity contribution in [2.45, 2.75) is 59.0 Å². The summed E-state index contributed by atoms with van der Waals surface area (Å²) in [6.45, 7) is 7.23. The van der Waals surface area contributed by atoms with E-state index in [2.05, 4.69) is 66.3 Å². The number of halogens is 1. The van der Waals surface area contributed by atoms with Gasteiger partial charge in [-0.05, 0) is 53.1 Å². The van der Waals surface area contributed by atoms with Crippen LogP contribution in [0.3, 0.4) is 0 Å². The number of hydrogen-bond donors (Lipinski definition) is 1. The van der Waals surface area contributed by atoms with Crippen molar-refractivity contribution in [1.82, 2.24) is 10.2 Å². The van der Waals surface area contributed by atoms with Crippen molar-refractivity contribution in [2.75, 3.05) is 6.54 Å². The molecule has 0 unspecified atom stereocenters. The van der Waals surface area contributed by atoms with Crippen molar-refractivity contribution < 1.29 is 9.59 Å². The van der Waals surface area contributed by atoms with E-state index < -0.39 is 6.04 Å². The van der Waals surface area contributed by atoms with Crippen LogP contribution in [-0.2, 0) is 35.4 Å². The molecule has 0 aliphatic heterocycles. The Morgan fingerprint density at radius 3 is 2.17 bits per heavy atom. The first kappa shape index (κ1) is 27.7. The molecule has 0 radical (unpaired) electrons. The molecule has 1 N–H and O–H groups in total. The van der Waals surface area contributed by atoms with E-state index >= 15 is 0 Å². The average molecular weight is 550 g/mol. The smallest absolute Gasteiger partial charge is 0.243 e. The maximum atomic E-state index is 13.7. The summed E-state index contributed by atoms with van der Waals surface area (Å²) in [5.74, 6) is 0.199. The van der Waals surface area contributed by atoms with Gasteiger partial charge < -0.3 is 10.2 Å². The Bertz CT molecular complexity index is 1110. The third-order valence-electron chi connectivity index (χ3n) is 6.26. The van der Waals surface area contributed by atoms with Crippen molar-refractivity contribution >= 4 is 27.7 Å². The first-order valence-corrected chi connectivity index (χ1v) is 13.6. The van der Waals surface area contributed by atoms with E-state index in [1.54, 1.807) is 4.90 Å². The summed E-state index contributed by atoms with van der Waals surface area (Å²) in [5, 5.41) is 3.08. The molecule has 36 heavy (non-hydrogen) atoms. The van der Waals surface area contributed by atoms with Gasteiger partial charge in [-0.15, -0.1) is 0 Å². The fraction of sp³-hybridized carbons (Fsp3) is 0.355. The standard InChI is InChI=1S/C31H37BrN2O2/c1-4-24-13-15-25(16-14-24)17-18-30(35)34(22-27-11-8-12-28(32)19-27)29(31(36)33-21-23(2)3)20-26-9-6-5-7-10-26/h5-16,19,23,29H,4,17-18,20-22H2,1-3H3,(H,33,36)/t29-/m1/s1. The van der Waals surface area contributed by atoms with Crippen LogP contribution < -0.4 is 5.32 Å². The Morgan fingerprint density at radius 1 is 0.861 bits per heavy atom. The van der Waals surface area contributed by atoms with Crippen LogP contribution in [0.15, 0.2) is 83.3 Å². The largest absolute Gasteiger partial charge is 0.354 e. The zero-order valence-corrected chi connectivity index (χ0v) is 23.1. The van der Waals surface area contributed by atoms with Crippen LogP contribution in [0.25, 0.3) is 0 Å². The van der Waals surface area contributed by atoms with Crippen LogP contribution in [0.2, 0.25) is 0 Å². The number of amides is 2. The summed E-state index contributed by atoms with van der Waals surface area (Å²) in [5.41, 5.74) is 4.43. The van der Waals surface area contributed by atoms with E-state index in [0.29, 0.717) is 38.3 Å². The minimum atomic E-state index is -0.597. The lowest BCUT2D eigenvalue weighted by Crippen LogP contribution is -2.51. The zero-order valence-electron chi connectivity index (χ0n) is 21.5. The SMILES string of the molecule is CCc1ccc(CCC(=O)N(Cc2cccc(Br)c2)[C@H](Cc2ccccc2)C(=O)NCC(C)C)cc1. The molecule has 1 atom stereocenters. The molecule has 3 aromatic carbocycles. The molecule has 0 saturated heterocycles. The molecule has 0 aliphatic carbocycles. The van der Waals surface area contributed by atoms with Crippen molar-refractivity contribution in [3.05, 3.63) is 106 Å². The van der Waals surface area contributed by atoms with Crippen molar-refractivity contribution in [1.29, 1.82) is 0 Å². The van der Waals surface area contributed by atoms with Crippen molar-refractivity contribution in [2.24, 2.45) is 5.92 Å². The molecule has 3 rings (SSSR count). The highest BCUT2D eigenvalue weighted by atomic mass is 79.9. The Balaban J connectivity index is 1.88. The maximum Gasteiger partial charge on any atom is 0.243 e. The number of aryl methyl sites for hydroxylation is 2. The zero-order chi connectivity index (χ0) is 25.9. The quantitative estimate of drug-likeness (QED) is 0.286. The highest BCUT2D eigenvalue weighted by Crippen LogP contribution is 2.19. The van der Waals surface area contributed by atoms with E-state index in [-0.39, 0.29) is 11.8 Å². The van der Waals surface area contributed by atoms with Gasteiger partial charge in [-0.3, -0.25) is 9.59 Å². The first-order valence-electron chi connectivity index (χ1n) is 12.8. The van der Waals surface area contributed by atoms with Crippen LogP contribution in [0.4, 0.5) is 0 Å². The average Bonchev–Trinajstić information content (AvgIpc) is 2.88. The summed E-state index contributed by atoms with van der Waals surface area (Å²) >= 11 is 3.54. The number of carbonyl (C=O) groups is 2. The van der Waals surface area contributed by atoms with Gasteiger partial charge in [0.25, 0.3) is 0 Å². The number of benzene rings is 3. The Kier molecular flexibility index (Phi) is 10.7. The van der Waals surface area contributed by atoms with Crippen molar-refractivity contribution in [3.63, 3.8) is 0 Å². The number of hydrogen-bond acceptors (Lipinski definition) is 2. The Hall–Kier alpha value is -2.92. The predicted molar refractivity (Wildman–Crippen MR) is 151 cm³/mol. The van der Waals surface area contributed by atoms with E-state index in [0.717, 1.165) is 27.6 Å². The highest BCUT2D eigenvalue weighted by Gasteiger charge is 2.30. The second kappa shape index (κ2) is 14.0. The van der Waals surface area contributed by atoms with Gasteiger partial charge in [-0.2, -0.15) is 0 Å². The predicted octanol–water partition coefficient (Wildman–Crippen LogP) is 6.36. The molecule has 0 bridgehead atoms.